The Balaban J connectivity index is 1.87. The van der Waals surface area contributed by atoms with E-state index in [9.17, 15) is 4.79 Å². The van der Waals surface area contributed by atoms with Gasteiger partial charge in [-0.2, -0.15) is 0 Å². The second-order valence-electron chi connectivity index (χ2n) is 7.44. The first kappa shape index (κ1) is 15.6. The number of carbonyl (C=O) groups excluding carboxylic acids is 1. The summed E-state index contributed by atoms with van der Waals surface area (Å²) in [4.78, 5) is 12.4. The van der Waals surface area contributed by atoms with E-state index >= 15 is 0 Å². The molecule has 2 fully saturated rings. The molecule has 0 aromatic heterocycles. The number of Topliss-reactive ketones (excluding diaryl/α,β-unsaturated/α-hetero) is 1. The molecule has 4 atom stereocenters. The molecule has 3 unspecified atom stereocenters. The molecule has 2 heteroatoms. The highest BCUT2D eigenvalue weighted by molar-refractivity contribution is 5.87. The second-order valence-corrected chi connectivity index (χ2v) is 7.44. The van der Waals surface area contributed by atoms with Crippen molar-refractivity contribution < 1.29 is 9.53 Å². The Labute approximate surface area is 134 Å². The van der Waals surface area contributed by atoms with Crippen molar-refractivity contribution in [2.75, 3.05) is 7.11 Å². The van der Waals surface area contributed by atoms with Crippen LogP contribution in [0.1, 0.15) is 51.9 Å². The van der Waals surface area contributed by atoms with Gasteiger partial charge in [0.05, 0.1) is 7.11 Å². The molecule has 0 heterocycles. The van der Waals surface area contributed by atoms with Crippen molar-refractivity contribution in [2.45, 2.75) is 51.9 Å². The van der Waals surface area contributed by atoms with E-state index in [0.717, 1.165) is 37.9 Å². The van der Waals surface area contributed by atoms with E-state index in [1.807, 2.05) is 0 Å². The van der Waals surface area contributed by atoms with Gasteiger partial charge in [-0.15, -0.1) is 0 Å². The van der Waals surface area contributed by atoms with E-state index in [1.165, 1.54) is 18.4 Å². The van der Waals surface area contributed by atoms with Crippen LogP contribution in [0.4, 0.5) is 0 Å². The van der Waals surface area contributed by atoms with Gasteiger partial charge < -0.3 is 4.74 Å². The lowest BCUT2D eigenvalue weighted by Crippen LogP contribution is -2.42. The Bertz CT molecular complexity index is 528. The number of hydrogen-bond donors (Lipinski definition) is 0. The molecule has 3 aliphatic carbocycles. The number of carbonyl (C=O) groups is 1. The SMILES string of the molecule is C=C1/C=C\C(OC)=C/CCCC2C1CC[C@]1(C)C(=O)CCC21. The molecule has 120 valence electrons. The van der Waals surface area contributed by atoms with Crippen LogP contribution in [0.2, 0.25) is 0 Å². The number of rotatable bonds is 1. The number of methoxy groups -OCH3 is 1. The van der Waals surface area contributed by atoms with Gasteiger partial charge in [0.25, 0.3) is 0 Å². The first-order chi connectivity index (χ1) is 10.6. The maximum Gasteiger partial charge on any atom is 0.139 e. The predicted octanol–water partition coefficient (Wildman–Crippen LogP) is 4.82. The molecule has 3 aliphatic rings. The van der Waals surface area contributed by atoms with Crippen LogP contribution in [-0.4, -0.2) is 12.9 Å². The third-order valence-electron chi connectivity index (χ3n) is 6.41. The molecular formula is C20H28O2. The lowest BCUT2D eigenvalue weighted by molar-refractivity contribution is -0.129. The monoisotopic (exact) mass is 300 g/mol. The lowest BCUT2D eigenvalue weighted by atomic mass is 9.57. The van der Waals surface area contributed by atoms with Gasteiger partial charge in [-0.05, 0) is 68.4 Å². The summed E-state index contributed by atoms with van der Waals surface area (Å²) in [5.41, 5.74) is 1.17. The van der Waals surface area contributed by atoms with Crippen molar-refractivity contribution in [2.24, 2.45) is 23.2 Å². The highest BCUT2D eigenvalue weighted by atomic mass is 16.5. The topological polar surface area (TPSA) is 26.3 Å². The smallest absolute Gasteiger partial charge is 0.139 e. The van der Waals surface area contributed by atoms with Crippen molar-refractivity contribution in [3.63, 3.8) is 0 Å². The van der Waals surface area contributed by atoms with Crippen molar-refractivity contribution in [3.05, 3.63) is 36.1 Å². The Hall–Kier alpha value is -1.31. The van der Waals surface area contributed by atoms with Crippen molar-refractivity contribution >= 4 is 5.78 Å². The summed E-state index contributed by atoms with van der Waals surface area (Å²) >= 11 is 0. The second kappa shape index (κ2) is 6.06. The predicted molar refractivity (Wildman–Crippen MR) is 89.3 cm³/mol. The molecule has 2 saturated carbocycles. The minimum absolute atomic E-state index is 0.0528. The normalized spacial score (nSPS) is 42.8. The summed E-state index contributed by atoms with van der Waals surface area (Å²) in [5.74, 6) is 3.18. The van der Waals surface area contributed by atoms with Crippen molar-refractivity contribution in [1.29, 1.82) is 0 Å². The molecule has 0 aromatic rings. The molecule has 3 rings (SSSR count). The summed E-state index contributed by atoms with van der Waals surface area (Å²) in [6, 6.07) is 0. The van der Waals surface area contributed by atoms with Gasteiger partial charge in [0.2, 0.25) is 0 Å². The van der Waals surface area contributed by atoms with E-state index < -0.39 is 0 Å². The molecule has 2 nitrogen and oxygen atoms in total. The van der Waals surface area contributed by atoms with Crippen molar-refractivity contribution in [3.8, 4) is 0 Å². The van der Waals surface area contributed by atoms with Gasteiger partial charge in [-0.1, -0.05) is 25.2 Å². The van der Waals surface area contributed by atoms with Crippen LogP contribution in [0.5, 0.6) is 0 Å². The van der Waals surface area contributed by atoms with Gasteiger partial charge in [-0.25, -0.2) is 0 Å². The van der Waals surface area contributed by atoms with Gasteiger partial charge in [0, 0.05) is 11.8 Å². The van der Waals surface area contributed by atoms with E-state index in [1.54, 1.807) is 7.11 Å². The molecule has 0 bridgehead atoms. The lowest BCUT2D eigenvalue weighted by Gasteiger charge is -2.46. The first-order valence-electron chi connectivity index (χ1n) is 8.70. The van der Waals surface area contributed by atoms with Gasteiger partial charge in [-0.3, -0.25) is 4.79 Å². The van der Waals surface area contributed by atoms with E-state index in [0.29, 0.717) is 23.5 Å². The number of fused-ring (bicyclic) bond motifs is 3. The number of ether oxygens (including phenoxy) is 1. The maximum absolute atomic E-state index is 12.4. The van der Waals surface area contributed by atoms with Gasteiger partial charge in [0.15, 0.2) is 0 Å². The zero-order valence-electron chi connectivity index (χ0n) is 13.9. The van der Waals surface area contributed by atoms with Gasteiger partial charge >= 0.3 is 0 Å². The van der Waals surface area contributed by atoms with E-state index in [4.69, 9.17) is 4.74 Å². The summed E-state index contributed by atoms with van der Waals surface area (Å²) in [7, 11) is 1.73. The quantitative estimate of drug-likeness (QED) is 0.693. The minimum atomic E-state index is -0.0528. The fourth-order valence-electron chi connectivity index (χ4n) is 5.05. The summed E-state index contributed by atoms with van der Waals surface area (Å²) in [5, 5.41) is 0. The Morgan fingerprint density at radius 3 is 2.86 bits per heavy atom. The number of ketones is 1. The zero-order valence-corrected chi connectivity index (χ0v) is 13.9. The standard InChI is InChI=1S/C20H28O2/c1-14-8-9-15(22-3)6-4-5-7-17-16(14)12-13-20(2)18(17)10-11-19(20)21/h6,8-9,16-18H,1,4-5,7,10-13H2,2-3H3/b9-8-,15-6+/t16?,17?,18?,20-/m0/s1. The fraction of sp³-hybridized carbons (Fsp3) is 0.650. The molecule has 0 aromatic carbocycles. The molecule has 22 heavy (non-hydrogen) atoms. The number of allylic oxidation sites excluding steroid dienone is 4. The average Bonchev–Trinajstić information content (AvgIpc) is 2.82. The summed E-state index contributed by atoms with van der Waals surface area (Å²) in [6.07, 6.45) is 13.8. The number of hydrogen-bond acceptors (Lipinski definition) is 2. The van der Waals surface area contributed by atoms with Gasteiger partial charge in [0.1, 0.15) is 11.5 Å². The van der Waals surface area contributed by atoms with Crippen LogP contribution in [-0.2, 0) is 9.53 Å². The van der Waals surface area contributed by atoms with Crippen LogP contribution < -0.4 is 0 Å². The van der Waals surface area contributed by atoms with Crippen LogP contribution in [0.25, 0.3) is 0 Å². The summed E-state index contributed by atoms with van der Waals surface area (Å²) in [6.45, 7) is 6.57. The largest absolute Gasteiger partial charge is 0.497 e. The third kappa shape index (κ3) is 2.57. The highest BCUT2D eigenvalue weighted by Crippen LogP contribution is 2.56. The maximum atomic E-state index is 12.4. The zero-order chi connectivity index (χ0) is 15.7. The molecular weight excluding hydrogens is 272 g/mol. The molecule has 0 aliphatic heterocycles. The van der Waals surface area contributed by atoms with E-state index in [2.05, 4.69) is 31.7 Å². The Kier molecular flexibility index (Phi) is 4.29. The molecule has 0 radical (unpaired) electrons. The fourth-order valence-corrected chi connectivity index (χ4v) is 5.05. The Morgan fingerprint density at radius 1 is 1.27 bits per heavy atom. The van der Waals surface area contributed by atoms with Crippen LogP contribution in [0, 0.1) is 23.2 Å². The highest BCUT2D eigenvalue weighted by Gasteiger charge is 2.53. The molecule has 0 N–H and O–H groups in total. The van der Waals surface area contributed by atoms with Crippen molar-refractivity contribution in [1.82, 2.24) is 0 Å². The van der Waals surface area contributed by atoms with Crippen LogP contribution in [0.3, 0.4) is 0 Å². The summed E-state index contributed by atoms with van der Waals surface area (Å²) < 4.78 is 5.40. The van der Waals surface area contributed by atoms with Crippen LogP contribution >= 0.6 is 0 Å². The van der Waals surface area contributed by atoms with E-state index in [-0.39, 0.29) is 5.41 Å². The third-order valence-corrected chi connectivity index (χ3v) is 6.41. The first-order valence-corrected chi connectivity index (χ1v) is 8.70. The molecule has 0 saturated heterocycles. The molecule has 0 spiro atoms. The Morgan fingerprint density at radius 2 is 2.09 bits per heavy atom. The minimum Gasteiger partial charge on any atom is -0.497 e. The van der Waals surface area contributed by atoms with Crippen LogP contribution in [0.15, 0.2) is 36.1 Å². The average molecular weight is 300 g/mol. The molecule has 0 amide bonds.